The van der Waals surface area contributed by atoms with Gasteiger partial charge >= 0.3 is 0 Å². The molecule has 1 aromatic heterocycles. The molecule has 0 bridgehead atoms. The lowest BCUT2D eigenvalue weighted by Crippen LogP contribution is -2.52. The first-order chi connectivity index (χ1) is 10.7. The fraction of sp³-hybridized carbons (Fsp3) is 0.600. The van der Waals surface area contributed by atoms with E-state index in [9.17, 15) is 13.2 Å². The van der Waals surface area contributed by atoms with E-state index in [1.54, 1.807) is 6.07 Å². The molecule has 1 heterocycles. The summed E-state index contributed by atoms with van der Waals surface area (Å²) in [6.07, 6.45) is 3.56. The zero-order valence-electron chi connectivity index (χ0n) is 14.7. The van der Waals surface area contributed by atoms with Gasteiger partial charge < -0.3 is 11.1 Å². The average molecular weight is 415 g/mol. The minimum atomic E-state index is -3.64. The molecule has 0 aliphatic rings. The van der Waals surface area contributed by atoms with Gasteiger partial charge in [-0.15, -0.1) is 24.8 Å². The second kappa shape index (κ2) is 11.6. The van der Waals surface area contributed by atoms with Crippen LogP contribution >= 0.6 is 24.8 Å². The Labute approximate surface area is 162 Å². The van der Waals surface area contributed by atoms with Crippen molar-refractivity contribution in [2.45, 2.75) is 44.0 Å². The van der Waals surface area contributed by atoms with E-state index >= 15 is 0 Å². The first kappa shape index (κ1) is 26.3. The molecule has 0 saturated carbocycles. The number of halogens is 2. The van der Waals surface area contributed by atoms with Gasteiger partial charge in [-0.05, 0) is 31.4 Å². The lowest BCUT2D eigenvalue weighted by molar-refractivity contribution is -0.122. The Balaban J connectivity index is 0. The number of nitrogens with one attached hydrogen (secondary N) is 2. The zero-order chi connectivity index (χ0) is 17.5. The van der Waals surface area contributed by atoms with Gasteiger partial charge in [0.05, 0.1) is 0 Å². The van der Waals surface area contributed by atoms with Gasteiger partial charge in [-0.1, -0.05) is 13.8 Å². The molecule has 0 fully saturated rings. The number of rotatable bonds is 9. The van der Waals surface area contributed by atoms with Gasteiger partial charge in [0.25, 0.3) is 0 Å². The fourth-order valence-corrected chi connectivity index (χ4v) is 3.37. The highest BCUT2D eigenvalue weighted by Crippen LogP contribution is 2.15. The summed E-state index contributed by atoms with van der Waals surface area (Å²) in [5.74, 6) is 0.167. The van der Waals surface area contributed by atoms with Gasteiger partial charge in [0.1, 0.15) is 4.90 Å². The van der Waals surface area contributed by atoms with Crippen LogP contribution < -0.4 is 15.8 Å². The van der Waals surface area contributed by atoms with Gasteiger partial charge in [-0.2, -0.15) is 0 Å². The van der Waals surface area contributed by atoms with Gasteiger partial charge in [0, 0.05) is 37.4 Å². The van der Waals surface area contributed by atoms with Crippen molar-refractivity contribution in [3.63, 3.8) is 0 Å². The molecule has 146 valence electrons. The number of pyridine rings is 1. The molecule has 1 amide bonds. The zero-order valence-corrected chi connectivity index (χ0v) is 17.1. The van der Waals surface area contributed by atoms with Crippen LogP contribution in [0.2, 0.25) is 0 Å². The molecule has 1 rings (SSSR count). The lowest BCUT2D eigenvalue weighted by Gasteiger charge is -2.31. The standard InChI is InChI=1S/C15H26N4O3S.2ClH/c1-12(2)9-15(3,11-16)19-14(20)6-8-18-23(21,22)13-5-4-7-17-10-13;;/h4-5,7,10,12,18H,6,8-9,11,16H2,1-3H3,(H,19,20);2*1H. The maximum atomic E-state index is 12.0. The number of sulfonamides is 1. The molecule has 0 aromatic carbocycles. The van der Waals surface area contributed by atoms with E-state index in [0.29, 0.717) is 12.5 Å². The molecule has 10 heteroatoms. The van der Waals surface area contributed by atoms with Crippen LogP contribution in [0.5, 0.6) is 0 Å². The molecule has 4 N–H and O–H groups in total. The molecular weight excluding hydrogens is 387 g/mol. The largest absolute Gasteiger partial charge is 0.350 e. The first-order valence-electron chi connectivity index (χ1n) is 7.59. The quantitative estimate of drug-likeness (QED) is 0.565. The number of nitrogens with two attached hydrogens (primary N) is 1. The summed E-state index contributed by atoms with van der Waals surface area (Å²) in [5, 5.41) is 2.89. The highest BCUT2D eigenvalue weighted by Gasteiger charge is 2.25. The van der Waals surface area contributed by atoms with Crippen molar-refractivity contribution >= 4 is 40.7 Å². The molecule has 1 aromatic rings. The number of carbonyl (C=O) groups is 1. The van der Waals surface area contributed by atoms with Crippen molar-refractivity contribution in [1.82, 2.24) is 15.0 Å². The third kappa shape index (κ3) is 9.37. The second-order valence-corrected chi connectivity index (χ2v) is 8.01. The van der Waals surface area contributed by atoms with Crippen LogP contribution in [0.15, 0.2) is 29.4 Å². The molecule has 1 unspecified atom stereocenters. The molecular formula is C15H28Cl2N4O3S. The van der Waals surface area contributed by atoms with Crippen LogP contribution in [0.1, 0.15) is 33.6 Å². The van der Waals surface area contributed by atoms with E-state index in [0.717, 1.165) is 6.42 Å². The second-order valence-electron chi connectivity index (χ2n) is 6.25. The highest BCUT2D eigenvalue weighted by atomic mass is 35.5. The summed E-state index contributed by atoms with van der Waals surface area (Å²) in [7, 11) is -3.64. The molecule has 7 nitrogen and oxygen atoms in total. The van der Waals surface area contributed by atoms with Crippen LogP contribution in [0.4, 0.5) is 0 Å². The van der Waals surface area contributed by atoms with E-state index in [1.807, 2.05) is 6.92 Å². The van der Waals surface area contributed by atoms with Gasteiger partial charge in [-0.3, -0.25) is 9.78 Å². The van der Waals surface area contributed by atoms with Crippen LogP contribution in [0, 0.1) is 5.92 Å². The van der Waals surface area contributed by atoms with E-state index in [2.05, 4.69) is 28.9 Å². The minimum absolute atomic E-state index is 0. The lowest BCUT2D eigenvalue weighted by atomic mass is 9.90. The monoisotopic (exact) mass is 414 g/mol. The number of amides is 1. The smallest absolute Gasteiger partial charge is 0.242 e. The maximum Gasteiger partial charge on any atom is 0.242 e. The first-order valence-corrected chi connectivity index (χ1v) is 9.07. The van der Waals surface area contributed by atoms with Crippen LogP contribution in [0.3, 0.4) is 0 Å². The van der Waals surface area contributed by atoms with Gasteiger partial charge in [-0.25, -0.2) is 13.1 Å². The summed E-state index contributed by atoms with van der Waals surface area (Å²) in [4.78, 5) is 15.9. The Morgan fingerprint density at radius 1 is 1.36 bits per heavy atom. The van der Waals surface area contributed by atoms with E-state index in [1.165, 1.54) is 18.5 Å². The molecule has 0 saturated heterocycles. The van der Waals surface area contributed by atoms with Crippen molar-refractivity contribution in [2.75, 3.05) is 13.1 Å². The van der Waals surface area contributed by atoms with Crippen LogP contribution in [-0.4, -0.2) is 37.9 Å². The van der Waals surface area contributed by atoms with Crippen molar-refractivity contribution < 1.29 is 13.2 Å². The number of carbonyl (C=O) groups excluding carboxylic acids is 1. The Hall–Kier alpha value is -0.930. The summed E-state index contributed by atoms with van der Waals surface area (Å²) in [6, 6.07) is 2.99. The number of hydrogen-bond donors (Lipinski definition) is 3. The number of aromatic nitrogens is 1. The minimum Gasteiger partial charge on any atom is -0.350 e. The van der Waals surface area contributed by atoms with Crippen LogP contribution in [-0.2, 0) is 14.8 Å². The van der Waals surface area contributed by atoms with Crippen molar-refractivity contribution in [2.24, 2.45) is 11.7 Å². The topological polar surface area (TPSA) is 114 Å². The normalized spacial score (nSPS) is 13.3. The Morgan fingerprint density at radius 3 is 2.48 bits per heavy atom. The summed E-state index contributed by atoms with van der Waals surface area (Å²) in [5.41, 5.74) is 5.27. The average Bonchev–Trinajstić information content (AvgIpc) is 2.47. The summed E-state index contributed by atoms with van der Waals surface area (Å²) in [6.45, 7) is 6.36. The predicted molar refractivity (Wildman–Crippen MR) is 104 cm³/mol. The number of nitrogens with zero attached hydrogens (tertiary/aromatic N) is 1. The van der Waals surface area contributed by atoms with Crippen LogP contribution in [0.25, 0.3) is 0 Å². The Kier molecular flexibility index (Phi) is 12.2. The number of hydrogen-bond acceptors (Lipinski definition) is 5. The van der Waals surface area contributed by atoms with Gasteiger partial charge in [0.15, 0.2) is 0 Å². The third-order valence-electron chi connectivity index (χ3n) is 3.34. The molecule has 25 heavy (non-hydrogen) atoms. The highest BCUT2D eigenvalue weighted by molar-refractivity contribution is 7.89. The molecule has 0 radical (unpaired) electrons. The molecule has 1 atom stereocenters. The maximum absolute atomic E-state index is 12.0. The molecule has 0 aliphatic heterocycles. The van der Waals surface area contributed by atoms with Crippen molar-refractivity contribution in [3.05, 3.63) is 24.5 Å². The summed E-state index contributed by atoms with van der Waals surface area (Å²) < 4.78 is 26.4. The molecule has 0 spiro atoms. The third-order valence-corrected chi connectivity index (χ3v) is 4.79. The van der Waals surface area contributed by atoms with Crippen molar-refractivity contribution in [1.29, 1.82) is 0 Å². The van der Waals surface area contributed by atoms with Gasteiger partial charge in [0.2, 0.25) is 15.9 Å². The summed E-state index contributed by atoms with van der Waals surface area (Å²) >= 11 is 0. The molecule has 0 aliphatic carbocycles. The van der Waals surface area contributed by atoms with Crippen molar-refractivity contribution in [3.8, 4) is 0 Å². The predicted octanol–water partition coefficient (Wildman–Crippen LogP) is 1.47. The SMILES string of the molecule is CC(C)CC(C)(CN)NC(=O)CCNS(=O)(=O)c1cccnc1.Cl.Cl. The fourth-order valence-electron chi connectivity index (χ4n) is 2.37. The van der Waals surface area contributed by atoms with E-state index in [-0.39, 0.29) is 48.6 Å². The Bertz CT molecular complexity index is 614. The Morgan fingerprint density at radius 2 is 2.00 bits per heavy atom. The van der Waals surface area contributed by atoms with E-state index in [4.69, 9.17) is 5.73 Å². The van der Waals surface area contributed by atoms with E-state index < -0.39 is 15.6 Å².